The molecule has 132 valence electrons. The van der Waals surface area contributed by atoms with Crippen LogP contribution >= 0.6 is 15.9 Å². The zero-order chi connectivity index (χ0) is 18.2. The van der Waals surface area contributed by atoms with E-state index in [1.54, 1.807) is 12.1 Å². The number of benzene rings is 2. The van der Waals surface area contributed by atoms with Gasteiger partial charge in [-0.1, -0.05) is 28.1 Å². The molecule has 0 saturated heterocycles. The Hall–Kier alpha value is -2.45. The maximum absolute atomic E-state index is 12.1. The summed E-state index contributed by atoms with van der Waals surface area (Å²) in [5.74, 6) is 0.482. The fraction of sp³-hybridized carbons (Fsp3) is 0.235. The van der Waals surface area contributed by atoms with Crippen molar-refractivity contribution in [2.24, 2.45) is 0 Å². The van der Waals surface area contributed by atoms with Gasteiger partial charge in [0.2, 0.25) is 0 Å². The Bertz CT molecular complexity index is 737. The number of hydrogen-bond donors (Lipinski definition) is 2. The number of ether oxygens (including phenoxy) is 1. The highest BCUT2D eigenvalue weighted by molar-refractivity contribution is 9.10. The highest BCUT2D eigenvalue weighted by Crippen LogP contribution is 2.22. The quantitative estimate of drug-likeness (QED) is 0.515. The molecule has 2 aromatic carbocycles. The number of nitrogens with zero attached hydrogens (tertiary/aromatic N) is 1. The lowest BCUT2D eigenvalue weighted by molar-refractivity contribution is -0.871. The van der Waals surface area contributed by atoms with Gasteiger partial charge in [0.1, 0.15) is 24.6 Å². The van der Waals surface area contributed by atoms with Crippen molar-refractivity contribution in [3.05, 3.63) is 63.1 Å². The predicted molar refractivity (Wildman–Crippen MR) is 98.0 cm³/mol. The number of likely N-dealkylation sites (N-methyl/N-ethyl adjacent to an activating group) is 1. The van der Waals surface area contributed by atoms with E-state index in [1.807, 2.05) is 31.3 Å². The maximum Gasteiger partial charge on any atom is 0.292 e. The van der Waals surface area contributed by atoms with E-state index in [0.29, 0.717) is 13.2 Å². The number of para-hydroxylation sites is 2. The highest BCUT2D eigenvalue weighted by atomic mass is 79.9. The third kappa shape index (κ3) is 6.17. The predicted octanol–water partition coefficient (Wildman–Crippen LogP) is 1.89. The zero-order valence-electron chi connectivity index (χ0n) is 13.7. The summed E-state index contributed by atoms with van der Waals surface area (Å²) < 4.78 is 6.60. The molecule has 0 bridgehead atoms. The van der Waals surface area contributed by atoms with Gasteiger partial charge in [0, 0.05) is 10.5 Å². The molecule has 0 fully saturated rings. The zero-order valence-corrected chi connectivity index (χ0v) is 15.3. The highest BCUT2D eigenvalue weighted by Gasteiger charge is 2.17. The van der Waals surface area contributed by atoms with Gasteiger partial charge < -0.3 is 15.0 Å². The third-order valence-electron chi connectivity index (χ3n) is 3.45. The smallest absolute Gasteiger partial charge is 0.292 e. The minimum atomic E-state index is -0.516. The molecule has 7 nitrogen and oxygen atoms in total. The number of carbonyl (C=O) groups excluding carboxylic acids is 1. The van der Waals surface area contributed by atoms with Crippen molar-refractivity contribution >= 4 is 33.2 Å². The molecular formula is C17H19BrN3O4+. The van der Waals surface area contributed by atoms with Gasteiger partial charge in [-0.2, -0.15) is 0 Å². The SMILES string of the molecule is C[NH+](CCOc1ccc(Br)cc1)CC(=O)Nc1ccccc1[N+](=O)[O-]. The topological polar surface area (TPSA) is 85.9 Å². The standard InChI is InChI=1S/C17H18BrN3O4/c1-20(10-11-25-14-8-6-13(18)7-9-14)12-17(22)19-15-4-2-3-5-16(15)21(23)24/h2-9H,10-12H2,1H3,(H,19,22)/p+1. The van der Waals surface area contributed by atoms with Crippen molar-refractivity contribution in [3.63, 3.8) is 0 Å². The van der Waals surface area contributed by atoms with Crippen molar-refractivity contribution in [2.75, 3.05) is 32.1 Å². The first-order valence-electron chi connectivity index (χ1n) is 7.68. The van der Waals surface area contributed by atoms with Crippen LogP contribution in [0, 0.1) is 10.1 Å². The van der Waals surface area contributed by atoms with Crippen molar-refractivity contribution in [1.82, 2.24) is 0 Å². The first kappa shape index (κ1) is 18.9. The number of anilines is 1. The number of nitrogens with one attached hydrogen (secondary N) is 2. The Morgan fingerprint density at radius 2 is 1.92 bits per heavy atom. The Morgan fingerprint density at radius 3 is 2.60 bits per heavy atom. The number of halogens is 1. The number of amides is 1. The van der Waals surface area contributed by atoms with Crippen LogP contribution in [0.5, 0.6) is 5.75 Å². The van der Waals surface area contributed by atoms with E-state index >= 15 is 0 Å². The fourth-order valence-corrected chi connectivity index (χ4v) is 2.43. The second-order valence-corrected chi connectivity index (χ2v) is 6.42. The van der Waals surface area contributed by atoms with Gasteiger partial charge in [-0.25, -0.2) is 0 Å². The minimum Gasteiger partial charge on any atom is -0.488 e. The third-order valence-corrected chi connectivity index (χ3v) is 3.98. The molecule has 0 aliphatic carbocycles. The molecule has 1 atom stereocenters. The number of rotatable bonds is 8. The first-order chi connectivity index (χ1) is 12.0. The van der Waals surface area contributed by atoms with E-state index in [1.165, 1.54) is 12.1 Å². The van der Waals surface area contributed by atoms with Crippen LogP contribution in [0.15, 0.2) is 53.0 Å². The summed E-state index contributed by atoms with van der Waals surface area (Å²) in [5.41, 5.74) is 0.0866. The molecular weight excluding hydrogens is 390 g/mol. The van der Waals surface area contributed by atoms with Gasteiger partial charge in [0.15, 0.2) is 6.54 Å². The molecule has 0 aromatic heterocycles. The molecule has 0 radical (unpaired) electrons. The van der Waals surface area contributed by atoms with E-state index in [4.69, 9.17) is 4.74 Å². The number of quaternary nitrogens is 1. The van der Waals surface area contributed by atoms with Gasteiger partial charge in [0.25, 0.3) is 11.6 Å². The van der Waals surface area contributed by atoms with E-state index < -0.39 is 4.92 Å². The van der Waals surface area contributed by atoms with Gasteiger partial charge in [-0.15, -0.1) is 0 Å². The van der Waals surface area contributed by atoms with Crippen LogP contribution in [-0.4, -0.2) is 37.6 Å². The lowest BCUT2D eigenvalue weighted by atomic mass is 10.2. The largest absolute Gasteiger partial charge is 0.488 e. The lowest BCUT2D eigenvalue weighted by Crippen LogP contribution is -3.10. The first-order valence-corrected chi connectivity index (χ1v) is 8.48. The van der Waals surface area contributed by atoms with Crippen LogP contribution in [-0.2, 0) is 4.79 Å². The fourth-order valence-electron chi connectivity index (χ4n) is 2.17. The molecule has 0 heterocycles. The van der Waals surface area contributed by atoms with Gasteiger partial charge in [-0.05, 0) is 30.3 Å². The van der Waals surface area contributed by atoms with E-state index in [2.05, 4.69) is 21.2 Å². The monoisotopic (exact) mass is 408 g/mol. The molecule has 0 saturated carbocycles. The van der Waals surface area contributed by atoms with E-state index in [-0.39, 0.29) is 23.8 Å². The normalized spacial score (nSPS) is 11.6. The van der Waals surface area contributed by atoms with Crippen LogP contribution in [0.4, 0.5) is 11.4 Å². The molecule has 2 rings (SSSR count). The molecule has 0 spiro atoms. The molecule has 1 amide bonds. The summed E-state index contributed by atoms with van der Waals surface area (Å²) >= 11 is 3.36. The van der Waals surface area contributed by atoms with Crippen LogP contribution in [0.3, 0.4) is 0 Å². The summed E-state index contributed by atoms with van der Waals surface area (Å²) in [7, 11) is 1.87. The Balaban J connectivity index is 1.78. The minimum absolute atomic E-state index is 0.118. The number of hydrogen-bond acceptors (Lipinski definition) is 4. The van der Waals surface area contributed by atoms with Crippen molar-refractivity contribution in [2.45, 2.75) is 0 Å². The van der Waals surface area contributed by atoms with Crippen molar-refractivity contribution < 1.29 is 19.4 Å². The second kappa shape index (κ2) is 9.14. The molecule has 0 aliphatic heterocycles. The summed E-state index contributed by atoms with van der Waals surface area (Å²) in [6.07, 6.45) is 0. The molecule has 2 N–H and O–H groups in total. The molecule has 0 aliphatic rings. The van der Waals surface area contributed by atoms with E-state index in [9.17, 15) is 14.9 Å². The summed E-state index contributed by atoms with van der Waals surface area (Å²) in [4.78, 5) is 23.4. The Morgan fingerprint density at radius 1 is 1.24 bits per heavy atom. The second-order valence-electron chi connectivity index (χ2n) is 5.51. The summed E-state index contributed by atoms with van der Waals surface area (Å²) in [6.45, 7) is 1.28. The lowest BCUT2D eigenvalue weighted by Gasteiger charge is -2.14. The number of nitro benzene ring substituents is 1. The molecule has 1 unspecified atom stereocenters. The summed E-state index contributed by atoms with van der Waals surface area (Å²) in [5, 5.41) is 13.5. The van der Waals surface area contributed by atoms with Crippen molar-refractivity contribution in [3.8, 4) is 5.75 Å². The van der Waals surface area contributed by atoms with Crippen LogP contribution in [0.2, 0.25) is 0 Å². The van der Waals surface area contributed by atoms with Crippen LogP contribution in [0.1, 0.15) is 0 Å². The van der Waals surface area contributed by atoms with Crippen molar-refractivity contribution in [1.29, 1.82) is 0 Å². The Kier molecular flexibility index (Phi) is 6.91. The Labute approximate surface area is 153 Å². The van der Waals surface area contributed by atoms with Gasteiger partial charge in [0.05, 0.1) is 12.0 Å². The van der Waals surface area contributed by atoms with Gasteiger partial charge >= 0.3 is 0 Å². The van der Waals surface area contributed by atoms with Gasteiger partial charge in [-0.3, -0.25) is 14.9 Å². The number of nitro groups is 1. The number of carbonyl (C=O) groups is 1. The molecule has 25 heavy (non-hydrogen) atoms. The maximum atomic E-state index is 12.1. The molecule has 8 heteroatoms. The van der Waals surface area contributed by atoms with Crippen LogP contribution < -0.4 is 15.0 Å². The average molecular weight is 409 g/mol. The van der Waals surface area contributed by atoms with E-state index in [0.717, 1.165) is 15.1 Å². The summed E-state index contributed by atoms with van der Waals surface area (Å²) in [6, 6.07) is 13.6. The average Bonchev–Trinajstić information content (AvgIpc) is 2.57. The van der Waals surface area contributed by atoms with Crippen LogP contribution in [0.25, 0.3) is 0 Å². The molecule has 2 aromatic rings.